The van der Waals surface area contributed by atoms with Gasteiger partial charge in [0.15, 0.2) is 11.6 Å². The zero-order valence-electron chi connectivity index (χ0n) is 14.4. The minimum atomic E-state index is -0.945. The van der Waals surface area contributed by atoms with Gasteiger partial charge in [0.1, 0.15) is 6.04 Å². The van der Waals surface area contributed by atoms with E-state index >= 15 is 0 Å². The average Bonchev–Trinajstić information content (AvgIpc) is 3.19. The van der Waals surface area contributed by atoms with Gasteiger partial charge in [-0.15, -0.1) is 10.2 Å². The summed E-state index contributed by atoms with van der Waals surface area (Å²) in [4.78, 5) is 0. The highest BCUT2D eigenvalue weighted by molar-refractivity contribution is 6.33. The molecule has 1 aromatic heterocycles. The molecule has 140 valence electrons. The number of benzene rings is 3. The molecule has 0 saturated heterocycles. The van der Waals surface area contributed by atoms with E-state index in [4.69, 9.17) is 16.0 Å². The molecule has 1 N–H and O–H groups in total. The summed E-state index contributed by atoms with van der Waals surface area (Å²) in [5.41, 5.74) is 1.81. The van der Waals surface area contributed by atoms with Gasteiger partial charge in [0.2, 0.25) is 11.8 Å². The molecule has 0 aliphatic rings. The normalized spacial score (nSPS) is 12.0. The van der Waals surface area contributed by atoms with Crippen LogP contribution in [0.15, 0.2) is 77.2 Å². The molecular weight excluding hydrogens is 384 g/mol. The van der Waals surface area contributed by atoms with Crippen LogP contribution in [0.4, 0.5) is 14.5 Å². The van der Waals surface area contributed by atoms with Crippen LogP contribution in [0.5, 0.6) is 0 Å². The van der Waals surface area contributed by atoms with Crippen LogP contribution in [0, 0.1) is 11.6 Å². The summed E-state index contributed by atoms with van der Waals surface area (Å²) in [6.45, 7) is 0. The highest BCUT2D eigenvalue weighted by atomic mass is 35.5. The molecule has 3 aromatic carbocycles. The maximum atomic E-state index is 13.6. The van der Waals surface area contributed by atoms with Gasteiger partial charge < -0.3 is 9.73 Å². The first-order chi connectivity index (χ1) is 13.6. The molecular formula is C21H14ClF2N3O. The van der Waals surface area contributed by atoms with Crippen molar-refractivity contribution in [3.05, 3.63) is 101 Å². The van der Waals surface area contributed by atoms with E-state index < -0.39 is 17.7 Å². The largest absolute Gasteiger partial charge is 0.418 e. The summed E-state index contributed by atoms with van der Waals surface area (Å²) >= 11 is 6.21. The Balaban J connectivity index is 1.72. The quantitative estimate of drug-likeness (QED) is 0.457. The average molecular weight is 398 g/mol. The molecule has 4 rings (SSSR count). The molecule has 28 heavy (non-hydrogen) atoms. The monoisotopic (exact) mass is 397 g/mol. The number of hydrogen-bond acceptors (Lipinski definition) is 4. The van der Waals surface area contributed by atoms with Gasteiger partial charge in [-0.25, -0.2) is 8.78 Å². The molecule has 0 aliphatic carbocycles. The van der Waals surface area contributed by atoms with Gasteiger partial charge in [0, 0.05) is 11.8 Å². The third-order valence-electron chi connectivity index (χ3n) is 4.16. The number of halogens is 3. The van der Waals surface area contributed by atoms with Crippen LogP contribution in [0.25, 0.3) is 11.5 Å². The number of anilines is 1. The van der Waals surface area contributed by atoms with Crippen LogP contribution in [0.3, 0.4) is 0 Å². The van der Waals surface area contributed by atoms with Crippen LogP contribution in [-0.2, 0) is 0 Å². The Morgan fingerprint density at radius 2 is 1.61 bits per heavy atom. The highest BCUT2D eigenvalue weighted by Crippen LogP contribution is 2.31. The fourth-order valence-corrected chi connectivity index (χ4v) is 3.00. The van der Waals surface area contributed by atoms with Crippen molar-refractivity contribution in [1.29, 1.82) is 0 Å². The van der Waals surface area contributed by atoms with Gasteiger partial charge in [0.05, 0.1) is 10.6 Å². The van der Waals surface area contributed by atoms with E-state index in [-0.39, 0.29) is 11.8 Å². The Morgan fingerprint density at radius 3 is 2.36 bits per heavy atom. The van der Waals surface area contributed by atoms with Crippen LogP contribution in [0.1, 0.15) is 17.5 Å². The van der Waals surface area contributed by atoms with Crippen molar-refractivity contribution in [2.75, 3.05) is 5.32 Å². The van der Waals surface area contributed by atoms with Gasteiger partial charge in [-0.1, -0.05) is 54.1 Å². The first-order valence-electron chi connectivity index (χ1n) is 8.46. The zero-order valence-corrected chi connectivity index (χ0v) is 15.2. The van der Waals surface area contributed by atoms with Crippen LogP contribution in [-0.4, -0.2) is 10.2 Å². The van der Waals surface area contributed by atoms with Crippen LogP contribution in [0.2, 0.25) is 5.02 Å². The lowest BCUT2D eigenvalue weighted by molar-refractivity contribution is 0.493. The second-order valence-electron chi connectivity index (χ2n) is 6.04. The van der Waals surface area contributed by atoms with Crippen LogP contribution >= 0.6 is 11.6 Å². The summed E-state index contributed by atoms with van der Waals surface area (Å²) in [5, 5.41) is 11.8. The standard InChI is InChI=1S/C21H14ClF2N3O/c22-16-9-5-4-8-15(16)20-26-27-21(28-20)19(13-6-2-1-3-7-13)25-14-10-11-17(23)18(24)12-14/h1-12,19,25H/t19-/m0/s1. The van der Waals surface area contributed by atoms with E-state index in [1.54, 1.807) is 18.2 Å². The maximum Gasteiger partial charge on any atom is 0.249 e. The molecule has 0 unspecified atom stereocenters. The molecule has 0 amide bonds. The minimum Gasteiger partial charge on any atom is -0.418 e. The van der Waals surface area contributed by atoms with Crippen molar-refractivity contribution < 1.29 is 13.2 Å². The second kappa shape index (κ2) is 7.78. The number of nitrogens with one attached hydrogen (secondary N) is 1. The molecule has 1 heterocycles. The fraction of sp³-hybridized carbons (Fsp3) is 0.0476. The highest BCUT2D eigenvalue weighted by Gasteiger charge is 2.22. The van der Waals surface area contributed by atoms with Gasteiger partial charge in [-0.2, -0.15) is 0 Å². The second-order valence-corrected chi connectivity index (χ2v) is 6.45. The summed E-state index contributed by atoms with van der Waals surface area (Å²) in [7, 11) is 0. The van der Waals surface area contributed by atoms with Gasteiger partial charge in [-0.05, 0) is 29.8 Å². The predicted octanol–water partition coefficient (Wildman–Crippen LogP) is 5.87. The lowest BCUT2D eigenvalue weighted by Gasteiger charge is -2.17. The van der Waals surface area contributed by atoms with Crippen molar-refractivity contribution >= 4 is 17.3 Å². The SMILES string of the molecule is Fc1ccc(N[C@@H](c2ccccc2)c2nnc(-c3ccccc3Cl)o2)cc1F. The third-order valence-corrected chi connectivity index (χ3v) is 4.48. The molecule has 7 heteroatoms. The van der Waals surface area contributed by atoms with E-state index in [1.165, 1.54) is 6.07 Å². The molecule has 0 spiro atoms. The molecule has 4 aromatic rings. The molecule has 0 bridgehead atoms. The predicted molar refractivity (Wildman–Crippen MR) is 103 cm³/mol. The van der Waals surface area contributed by atoms with E-state index in [0.29, 0.717) is 16.3 Å². The molecule has 0 fully saturated rings. The number of hydrogen-bond donors (Lipinski definition) is 1. The van der Waals surface area contributed by atoms with Gasteiger partial charge in [0.25, 0.3) is 0 Å². The van der Waals surface area contributed by atoms with E-state index in [9.17, 15) is 8.78 Å². The van der Waals surface area contributed by atoms with E-state index in [0.717, 1.165) is 17.7 Å². The van der Waals surface area contributed by atoms with E-state index in [1.807, 2.05) is 36.4 Å². The van der Waals surface area contributed by atoms with Crippen molar-refractivity contribution in [2.45, 2.75) is 6.04 Å². The Bertz CT molecular complexity index is 1100. The number of nitrogens with zero attached hydrogens (tertiary/aromatic N) is 2. The Kier molecular flexibility index (Phi) is 5.04. The van der Waals surface area contributed by atoms with Gasteiger partial charge in [-0.3, -0.25) is 0 Å². The number of aromatic nitrogens is 2. The third kappa shape index (κ3) is 3.73. The maximum absolute atomic E-state index is 13.6. The van der Waals surface area contributed by atoms with Crippen molar-refractivity contribution in [2.24, 2.45) is 0 Å². The lowest BCUT2D eigenvalue weighted by atomic mass is 10.1. The van der Waals surface area contributed by atoms with Crippen molar-refractivity contribution in [1.82, 2.24) is 10.2 Å². The first-order valence-corrected chi connectivity index (χ1v) is 8.84. The molecule has 4 nitrogen and oxygen atoms in total. The fourth-order valence-electron chi connectivity index (χ4n) is 2.78. The Morgan fingerprint density at radius 1 is 0.857 bits per heavy atom. The molecule has 0 aliphatic heterocycles. The number of rotatable bonds is 5. The molecule has 1 atom stereocenters. The zero-order chi connectivity index (χ0) is 19.5. The molecule has 0 radical (unpaired) electrons. The topological polar surface area (TPSA) is 51.0 Å². The van der Waals surface area contributed by atoms with Crippen molar-refractivity contribution in [3.63, 3.8) is 0 Å². The summed E-state index contributed by atoms with van der Waals surface area (Å²) < 4.78 is 32.7. The Labute approximate surface area is 164 Å². The first kappa shape index (κ1) is 18.1. The Hall–Kier alpha value is -3.25. The molecule has 0 saturated carbocycles. The smallest absolute Gasteiger partial charge is 0.249 e. The van der Waals surface area contributed by atoms with Gasteiger partial charge >= 0.3 is 0 Å². The summed E-state index contributed by atoms with van der Waals surface area (Å²) in [6, 6.07) is 19.5. The van der Waals surface area contributed by atoms with E-state index in [2.05, 4.69) is 15.5 Å². The summed E-state index contributed by atoms with van der Waals surface area (Å²) in [5.74, 6) is -1.32. The minimum absolute atomic E-state index is 0.269. The van der Waals surface area contributed by atoms with Crippen LogP contribution < -0.4 is 5.32 Å². The lowest BCUT2D eigenvalue weighted by Crippen LogP contribution is -2.13. The summed E-state index contributed by atoms with van der Waals surface area (Å²) in [6.07, 6.45) is 0. The van der Waals surface area contributed by atoms with Crippen molar-refractivity contribution in [3.8, 4) is 11.5 Å².